The van der Waals surface area contributed by atoms with Crippen LogP contribution in [-0.2, 0) is 11.3 Å². The Labute approximate surface area is 172 Å². The van der Waals surface area contributed by atoms with Crippen LogP contribution in [0.1, 0.15) is 57.7 Å². The highest BCUT2D eigenvalue weighted by molar-refractivity contribution is 14.0. The molecule has 1 aromatic heterocycles. The smallest absolute Gasteiger partial charge is 0.191 e. The van der Waals surface area contributed by atoms with Crippen LogP contribution in [0.3, 0.4) is 0 Å². The molecule has 25 heavy (non-hydrogen) atoms. The van der Waals surface area contributed by atoms with Crippen LogP contribution in [0.2, 0.25) is 0 Å². The van der Waals surface area contributed by atoms with Crippen molar-refractivity contribution in [2.75, 3.05) is 13.2 Å². The number of nitrogens with zero attached hydrogens (tertiary/aromatic N) is 2. The molecule has 0 spiro atoms. The van der Waals surface area contributed by atoms with Crippen LogP contribution in [0.25, 0.3) is 0 Å². The first-order valence-corrected chi connectivity index (χ1v) is 9.92. The Morgan fingerprint density at radius 1 is 1.48 bits per heavy atom. The summed E-state index contributed by atoms with van der Waals surface area (Å²) in [5, 5.41) is 10.3. The van der Waals surface area contributed by atoms with E-state index in [1.165, 1.54) is 5.01 Å². The van der Waals surface area contributed by atoms with Gasteiger partial charge in [0.1, 0.15) is 0 Å². The van der Waals surface area contributed by atoms with Crippen molar-refractivity contribution in [3.63, 3.8) is 0 Å². The predicted octanol–water partition coefficient (Wildman–Crippen LogP) is 3.75. The molecule has 0 radical (unpaired) electrons. The molecule has 3 rings (SSSR count). The molecular weight excluding hydrogens is 447 g/mol. The fourth-order valence-corrected chi connectivity index (χ4v) is 4.73. The zero-order valence-corrected chi connectivity index (χ0v) is 19.0. The molecular formula is C18H31IN4OS. The van der Waals surface area contributed by atoms with E-state index in [1.807, 2.05) is 0 Å². The van der Waals surface area contributed by atoms with Gasteiger partial charge in [-0.25, -0.2) is 9.98 Å². The topological polar surface area (TPSA) is 58.5 Å². The van der Waals surface area contributed by atoms with Crippen molar-refractivity contribution >= 4 is 41.3 Å². The fraction of sp³-hybridized carbons (Fsp3) is 0.778. The zero-order chi connectivity index (χ0) is 17.3. The maximum Gasteiger partial charge on any atom is 0.191 e. The molecule has 0 aromatic carbocycles. The van der Waals surface area contributed by atoms with E-state index in [1.54, 1.807) is 11.3 Å². The highest BCUT2D eigenvalue weighted by Crippen LogP contribution is 2.52. The van der Waals surface area contributed by atoms with E-state index >= 15 is 0 Å². The zero-order valence-electron chi connectivity index (χ0n) is 15.8. The minimum absolute atomic E-state index is 0. The molecule has 1 saturated heterocycles. The number of fused-ring (bicyclic) bond motifs is 1. The first-order chi connectivity index (χ1) is 11.4. The summed E-state index contributed by atoms with van der Waals surface area (Å²) in [4.78, 5) is 9.43. The van der Waals surface area contributed by atoms with Crippen LogP contribution in [0.4, 0.5) is 0 Å². The van der Waals surface area contributed by atoms with Crippen LogP contribution in [0.5, 0.6) is 0 Å². The van der Waals surface area contributed by atoms with Crippen LogP contribution >= 0.6 is 35.3 Å². The van der Waals surface area contributed by atoms with Crippen molar-refractivity contribution in [2.24, 2.45) is 16.3 Å². The summed E-state index contributed by atoms with van der Waals surface area (Å²) in [5.74, 6) is 1.98. The van der Waals surface area contributed by atoms with Crippen molar-refractivity contribution < 1.29 is 4.74 Å². The van der Waals surface area contributed by atoms with Crippen molar-refractivity contribution in [3.05, 3.63) is 16.1 Å². The lowest BCUT2D eigenvalue weighted by Gasteiger charge is -2.54. The Morgan fingerprint density at radius 3 is 2.88 bits per heavy atom. The van der Waals surface area contributed by atoms with E-state index in [9.17, 15) is 0 Å². The monoisotopic (exact) mass is 478 g/mol. The predicted molar refractivity (Wildman–Crippen MR) is 115 cm³/mol. The average molecular weight is 478 g/mol. The lowest BCUT2D eigenvalue weighted by molar-refractivity contribution is -0.106. The molecule has 1 aliphatic carbocycles. The van der Waals surface area contributed by atoms with E-state index in [4.69, 9.17) is 9.73 Å². The van der Waals surface area contributed by atoms with Crippen molar-refractivity contribution in [2.45, 2.75) is 65.6 Å². The molecule has 2 fully saturated rings. The van der Waals surface area contributed by atoms with Gasteiger partial charge in [0.15, 0.2) is 5.96 Å². The number of thiazole rings is 1. The maximum atomic E-state index is 5.88. The van der Waals surface area contributed by atoms with E-state index in [2.05, 4.69) is 55.6 Å². The standard InChI is InChI=1S/C18H30N4OS.HI/c1-6-19-17(20-9-12-10-24-16(21-12)11(2)3)22-14-13-7-8-23-15(13)18(14,4)5;/h10-11,13-15H,6-9H2,1-5H3,(H2,19,20,22);1H. The van der Waals surface area contributed by atoms with Gasteiger partial charge in [0, 0.05) is 41.8 Å². The molecule has 1 aliphatic heterocycles. The van der Waals surface area contributed by atoms with Crippen LogP contribution in [0.15, 0.2) is 10.4 Å². The normalized spacial score (nSPS) is 27.4. The molecule has 142 valence electrons. The van der Waals surface area contributed by atoms with Gasteiger partial charge in [-0.3, -0.25) is 0 Å². The molecule has 2 aliphatic rings. The second kappa shape index (κ2) is 8.52. The minimum atomic E-state index is 0. The molecule has 0 bridgehead atoms. The first kappa shape index (κ1) is 20.9. The highest BCUT2D eigenvalue weighted by atomic mass is 127. The van der Waals surface area contributed by atoms with Gasteiger partial charge >= 0.3 is 0 Å². The summed E-state index contributed by atoms with van der Waals surface area (Å²) in [5.41, 5.74) is 1.21. The molecule has 1 aromatic rings. The van der Waals surface area contributed by atoms with Gasteiger partial charge in [-0.2, -0.15) is 0 Å². The number of hydrogen-bond donors (Lipinski definition) is 2. The van der Waals surface area contributed by atoms with Crippen LogP contribution in [-0.4, -0.2) is 36.2 Å². The summed E-state index contributed by atoms with van der Waals surface area (Å²) >= 11 is 1.73. The molecule has 7 heteroatoms. The van der Waals surface area contributed by atoms with Gasteiger partial charge in [0.2, 0.25) is 0 Å². The largest absolute Gasteiger partial charge is 0.377 e. The lowest BCUT2D eigenvalue weighted by Crippen LogP contribution is -2.67. The van der Waals surface area contributed by atoms with E-state index in [0.29, 0.717) is 30.5 Å². The molecule has 1 saturated carbocycles. The summed E-state index contributed by atoms with van der Waals surface area (Å²) < 4.78 is 5.88. The van der Waals surface area contributed by atoms with E-state index < -0.39 is 0 Å². The summed E-state index contributed by atoms with van der Waals surface area (Å²) in [7, 11) is 0. The lowest BCUT2D eigenvalue weighted by atomic mass is 9.57. The SMILES string of the molecule is CCNC(=NCc1csc(C(C)C)n1)NC1C2CCOC2C1(C)C.I. The molecule has 3 atom stereocenters. The number of halogens is 1. The number of aromatic nitrogens is 1. The third kappa shape index (κ3) is 4.30. The summed E-state index contributed by atoms with van der Waals surface area (Å²) in [6, 6.07) is 0.421. The van der Waals surface area contributed by atoms with Crippen molar-refractivity contribution in [3.8, 4) is 0 Å². The van der Waals surface area contributed by atoms with Crippen LogP contribution < -0.4 is 10.6 Å². The first-order valence-electron chi connectivity index (χ1n) is 9.04. The van der Waals surface area contributed by atoms with Gasteiger partial charge in [0.05, 0.1) is 23.4 Å². The number of rotatable bonds is 5. The number of ether oxygens (including phenoxy) is 1. The Bertz CT molecular complexity index is 602. The van der Waals surface area contributed by atoms with Gasteiger partial charge < -0.3 is 15.4 Å². The minimum Gasteiger partial charge on any atom is -0.377 e. The van der Waals surface area contributed by atoms with Gasteiger partial charge in [-0.15, -0.1) is 35.3 Å². The van der Waals surface area contributed by atoms with Crippen molar-refractivity contribution in [1.29, 1.82) is 0 Å². The number of aliphatic imine (C=N–C) groups is 1. The summed E-state index contributed by atoms with van der Waals surface area (Å²) in [6.07, 6.45) is 1.54. The van der Waals surface area contributed by atoms with Gasteiger partial charge in [-0.05, 0) is 13.3 Å². The van der Waals surface area contributed by atoms with Crippen LogP contribution in [0, 0.1) is 11.3 Å². The third-order valence-electron chi connectivity index (χ3n) is 5.20. The van der Waals surface area contributed by atoms with E-state index in [-0.39, 0.29) is 29.4 Å². The molecule has 2 N–H and O–H groups in total. The Morgan fingerprint density at radius 2 is 2.24 bits per heavy atom. The average Bonchev–Trinajstić information content (AvgIpc) is 3.17. The molecule has 0 amide bonds. The van der Waals surface area contributed by atoms with Gasteiger partial charge in [0.25, 0.3) is 0 Å². The molecule has 2 heterocycles. The fourth-order valence-electron chi connectivity index (χ4n) is 3.91. The molecule has 5 nitrogen and oxygen atoms in total. The van der Waals surface area contributed by atoms with E-state index in [0.717, 1.165) is 31.2 Å². The number of hydrogen-bond acceptors (Lipinski definition) is 4. The Kier molecular flexibility index (Phi) is 7.12. The Hall–Kier alpha value is -0.410. The second-order valence-corrected chi connectivity index (χ2v) is 8.60. The summed E-state index contributed by atoms with van der Waals surface area (Å²) in [6.45, 7) is 13.4. The second-order valence-electron chi connectivity index (χ2n) is 7.71. The number of nitrogens with one attached hydrogen (secondary N) is 2. The number of guanidine groups is 1. The van der Waals surface area contributed by atoms with Crippen molar-refractivity contribution in [1.82, 2.24) is 15.6 Å². The third-order valence-corrected chi connectivity index (χ3v) is 6.39. The quantitative estimate of drug-likeness (QED) is 0.385. The van der Waals surface area contributed by atoms with Gasteiger partial charge in [-0.1, -0.05) is 27.7 Å². The maximum absolute atomic E-state index is 5.88. The molecule has 3 unspecified atom stereocenters. The highest BCUT2D eigenvalue weighted by Gasteiger charge is 2.59. The Balaban J connectivity index is 0.00000225.